The third-order valence-electron chi connectivity index (χ3n) is 5.74. The van der Waals surface area contributed by atoms with Crippen molar-refractivity contribution in [1.82, 2.24) is 15.6 Å². The highest BCUT2D eigenvalue weighted by atomic mass is 35.5. The molecule has 1 aliphatic rings. The van der Waals surface area contributed by atoms with Crippen LogP contribution in [0.25, 0.3) is 10.9 Å². The number of carbonyl (C=O) groups is 2. The van der Waals surface area contributed by atoms with Crippen molar-refractivity contribution in [3.05, 3.63) is 94.6 Å². The molecule has 0 radical (unpaired) electrons. The molecule has 34 heavy (non-hydrogen) atoms. The highest BCUT2D eigenvalue weighted by molar-refractivity contribution is 6.33. The Morgan fingerprint density at radius 3 is 2.68 bits per heavy atom. The first kappa shape index (κ1) is 21.9. The van der Waals surface area contributed by atoms with E-state index in [9.17, 15) is 9.59 Å². The molecule has 5 rings (SSSR count). The summed E-state index contributed by atoms with van der Waals surface area (Å²) in [5.41, 5.74) is 3.07. The van der Waals surface area contributed by atoms with E-state index in [1.165, 1.54) is 0 Å². The molecule has 4 aromatic rings. The molecule has 0 unspecified atom stereocenters. The number of benzene rings is 3. The van der Waals surface area contributed by atoms with Crippen LogP contribution in [0.1, 0.15) is 21.5 Å². The Morgan fingerprint density at radius 1 is 1.00 bits per heavy atom. The number of carbonyl (C=O) groups excluding carboxylic acids is 2. The van der Waals surface area contributed by atoms with Crippen LogP contribution in [0.15, 0.2) is 72.9 Å². The van der Waals surface area contributed by atoms with Crippen LogP contribution in [0.3, 0.4) is 0 Å². The molecule has 0 spiro atoms. The molecule has 1 aromatic heterocycles. The third kappa shape index (κ3) is 4.56. The van der Waals surface area contributed by atoms with Gasteiger partial charge < -0.3 is 25.1 Å². The predicted octanol–water partition coefficient (Wildman–Crippen LogP) is 4.21. The molecule has 172 valence electrons. The van der Waals surface area contributed by atoms with E-state index in [-0.39, 0.29) is 19.2 Å². The quantitative estimate of drug-likeness (QED) is 0.373. The molecule has 7 nitrogen and oxygen atoms in total. The summed E-state index contributed by atoms with van der Waals surface area (Å²) in [4.78, 5) is 29.4. The van der Waals surface area contributed by atoms with E-state index >= 15 is 0 Å². The fourth-order valence-electron chi connectivity index (χ4n) is 3.97. The lowest BCUT2D eigenvalue weighted by Crippen LogP contribution is -2.47. The minimum atomic E-state index is -0.808. The van der Waals surface area contributed by atoms with Crippen molar-refractivity contribution in [2.24, 2.45) is 0 Å². The van der Waals surface area contributed by atoms with Crippen LogP contribution in [0.2, 0.25) is 5.02 Å². The molecular weight excluding hydrogens is 454 g/mol. The monoisotopic (exact) mass is 475 g/mol. The van der Waals surface area contributed by atoms with Gasteiger partial charge in [0.15, 0.2) is 11.5 Å². The number of nitrogens with one attached hydrogen (secondary N) is 3. The first-order valence-electron chi connectivity index (χ1n) is 10.8. The lowest BCUT2D eigenvalue weighted by molar-refractivity contribution is -0.123. The minimum absolute atomic E-state index is 0.186. The molecule has 0 bridgehead atoms. The van der Waals surface area contributed by atoms with Gasteiger partial charge in [-0.05, 0) is 41.5 Å². The third-order valence-corrected chi connectivity index (χ3v) is 6.07. The van der Waals surface area contributed by atoms with E-state index in [2.05, 4.69) is 15.6 Å². The Hall–Kier alpha value is -3.97. The Bertz CT molecular complexity index is 1370. The average Bonchev–Trinajstić information content (AvgIpc) is 3.49. The number of para-hydroxylation sites is 1. The maximum absolute atomic E-state index is 13.2. The Balaban J connectivity index is 1.35. The van der Waals surface area contributed by atoms with Crippen LogP contribution < -0.4 is 20.1 Å². The lowest BCUT2D eigenvalue weighted by Gasteiger charge is -2.19. The van der Waals surface area contributed by atoms with E-state index in [4.69, 9.17) is 21.1 Å². The number of amides is 2. The summed E-state index contributed by atoms with van der Waals surface area (Å²) in [6, 6.07) is 19.3. The summed E-state index contributed by atoms with van der Waals surface area (Å²) in [6.45, 7) is 0.466. The standard InChI is InChI=1S/C26H22ClN3O4/c27-20-7-3-1-6-19(20)25(31)30-22(12-17-14-28-21-8-4-2-5-18(17)21)26(32)29-13-16-9-10-23-24(11-16)34-15-33-23/h1-11,14,22,28H,12-13,15H2,(H,29,32)(H,30,31)/t22-/m1/s1. The molecule has 2 heterocycles. The highest BCUT2D eigenvalue weighted by Crippen LogP contribution is 2.32. The fraction of sp³-hybridized carbons (Fsp3) is 0.154. The molecular formula is C26H22ClN3O4. The van der Waals surface area contributed by atoms with Crippen LogP contribution in [0.5, 0.6) is 11.5 Å². The van der Waals surface area contributed by atoms with Crippen LogP contribution in [-0.4, -0.2) is 29.6 Å². The number of ether oxygens (including phenoxy) is 2. The fourth-order valence-corrected chi connectivity index (χ4v) is 4.20. The Kier molecular flexibility index (Phi) is 6.10. The van der Waals surface area contributed by atoms with E-state index in [1.54, 1.807) is 24.3 Å². The first-order chi connectivity index (χ1) is 16.6. The van der Waals surface area contributed by atoms with Gasteiger partial charge in [-0.3, -0.25) is 9.59 Å². The summed E-state index contributed by atoms with van der Waals surface area (Å²) >= 11 is 6.20. The molecule has 0 aliphatic carbocycles. The number of rotatable bonds is 7. The van der Waals surface area contributed by atoms with Gasteiger partial charge in [0.2, 0.25) is 12.7 Å². The van der Waals surface area contributed by atoms with Crippen molar-refractivity contribution in [1.29, 1.82) is 0 Å². The molecule has 3 N–H and O–H groups in total. The van der Waals surface area contributed by atoms with Crippen LogP contribution >= 0.6 is 11.6 Å². The number of aromatic amines is 1. The van der Waals surface area contributed by atoms with E-state index in [0.717, 1.165) is 22.0 Å². The minimum Gasteiger partial charge on any atom is -0.454 e. The van der Waals surface area contributed by atoms with Crippen molar-refractivity contribution in [3.8, 4) is 11.5 Å². The maximum Gasteiger partial charge on any atom is 0.253 e. The molecule has 1 atom stereocenters. The largest absolute Gasteiger partial charge is 0.454 e. The molecule has 0 fully saturated rings. The summed E-state index contributed by atoms with van der Waals surface area (Å²) in [5.74, 6) is 0.616. The van der Waals surface area contributed by atoms with Gasteiger partial charge in [-0.25, -0.2) is 0 Å². The molecule has 2 amide bonds. The van der Waals surface area contributed by atoms with Crippen molar-refractivity contribution in [2.75, 3.05) is 6.79 Å². The molecule has 0 saturated heterocycles. The van der Waals surface area contributed by atoms with Gasteiger partial charge in [0, 0.05) is 30.1 Å². The van der Waals surface area contributed by atoms with Gasteiger partial charge in [-0.15, -0.1) is 0 Å². The van der Waals surface area contributed by atoms with Crippen molar-refractivity contribution < 1.29 is 19.1 Å². The average molecular weight is 476 g/mol. The number of aromatic nitrogens is 1. The lowest BCUT2D eigenvalue weighted by atomic mass is 10.0. The van der Waals surface area contributed by atoms with Gasteiger partial charge in [0.25, 0.3) is 5.91 Å². The Morgan fingerprint density at radius 2 is 1.79 bits per heavy atom. The zero-order chi connectivity index (χ0) is 23.5. The van der Waals surface area contributed by atoms with Gasteiger partial charge in [-0.1, -0.05) is 48.0 Å². The zero-order valence-corrected chi connectivity index (χ0v) is 18.9. The number of hydrogen-bond acceptors (Lipinski definition) is 4. The van der Waals surface area contributed by atoms with Gasteiger partial charge in [-0.2, -0.15) is 0 Å². The molecule has 3 aromatic carbocycles. The first-order valence-corrected chi connectivity index (χ1v) is 11.2. The number of fused-ring (bicyclic) bond motifs is 2. The molecule has 8 heteroatoms. The summed E-state index contributed by atoms with van der Waals surface area (Å²) in [6.07, 6.45) is 2.18. The van der Waals surface area contributed by atoms with Gasteiger partial charge in [0.1, 0.15) is 6.04 Å². The van der Waals surface area contributed by atoms with Gasteiger partial charge >= 0.3 is 0 Å². The number of H-pyrrole nitrogens is 1. The van der Waals surface area contributed by atoms with Crippen molar-refractivity contribution in [3.63, 3.8) is 0 Å². The molecule has 1 aliphatic heterocycles. The normalized spacial score (nSPS) is 13.0. The highest BCUT2D eigenvalue weighted by Gasteiger charge is 2.24. The van der Waals surface area contributed by atoms with E-state index < -0.39 is 11.9 Å². The SMILES string of the molecule is O=C(N[C@H](Cc1c[nH]c2ccccc12)C(=O)NCc1ccc2c(c1)OCO2)c1ccccc1Cl. The second kappa shape index (κ2) is 9.49. The topological polar surface area (TPSA) is 92.5 Å². The summed E-state index contributed by atoms with van der Waals surface area (Å²) in [7, 11) is 0. The maximum atomic E-state index is 13.2. The van der Waals surface area contributed by atoms with Crippen LogP contribution in [-0.2, 0) is 17.8 Å². The van der Waals surface area contributed by atoms with E-state index in [0.29, 0.717) is 28.5 Å². The number of hydrogen-bond donors (Lipinski definition) is 3. The second-order valence-electron chi connectivity index (χ2n) is 7.97. The zero-order valence-electron chi connectivity index (χ0n) is 18.1. The summed E-state index contributed by atoms with van der Waals surface area (Å²) < 4.78 is 10.7. The van der Waals surface area contributed by atoms with E-state index in [1.807, 2.05) is 48.7 Å². The number of halogens is 1. The molecule has 0 saturated carbocycles. The van der Waals surface area contributed by atoms with Gasteiger partial charge in [0.05, 0.1) is 10.6 Å². The Labute approximate surface area is 201 Å². The van der Waals surface area contributed by atoms with Crippen molar-refractivity contribution >= 4 is 34.3 Å². The van der Waals surface area contributed by atoms with Crippen LogP contribution in [0, 0.1) is 0 Å². The summed E-state index contributed by atoms with van der Waals surface area (Å²) in [5, 5.41) is 7.12. The van der Waals surface area contributed by atoms with Crippen molar-refractivity contribution in [2.45, 2.75) is 19.0 Å². The smallest absolute Gasteiger partial charge is 0.253 e. The van der Waals surface area contributed by atoms with Crippen LogP contribution in [0.4, 0.5) is 0 Å². The predicted molar refractivity (Wildman–Crippen MR) is 129 cm³/mol. The second-order valence-corrected chi connectivity index (χ2v) is 8.38.